The zero-order valence-corrected chi connectivity index (χ0v) is 12.4. The minimum absolute atomic E-state index is 0. The summed E-state index contributed by atoms with van der Waals surface area (Å²) in [6.07, 6.45) is 0. The Labute approximate surface area is 125 Å². The molecule has 1 aromatic carbocycles. The van der Waals surface area contributed by atoms with Crippen molar-refractivity contribution in [3.8, 4) is 0 Å². The van der Waals surface area contributed by atoms with Gasteiger partial charge in [-0.25, -0.2) is 4.79 Å². The first-order valence-corrected chi connectivity index (χ1v) is 6.18. The number of halogens is 1. The van der Waals surface area contributed by atoms with Crippen LogP contribution in [0.25, 0.3) is 0 Å². The van der Waals surface area contributed by atoms with Crippen LogP contribution in [0.2, 0.25) is 0 Å². The van der Waals surface area contributed by atoms with Gasteiger partial charge in [-0.05, 0) is 26.1 Å². The van der Waals surface area contributed by atoms with Gasteiger partial charge in [0.2, 0.25) is 5.91 Å². The lowest BCUT2D eigenvalue weighted by Gasteiger charge is -2.14. The monoisotopic (exact) mass is 300 g/mol. The van der Waals surface area contributed by atoms with Crippen LogP contribution in [0, 0.1) is 0 Å². The molecule has 20 heavy (non-hydrogen) atoms. The third-order valence-electron chi connectivity index (χ3n) is 2.45. The molecule has 0 radical (unpaired) electrons. The number of para-hydroxylation sites is 1. The smallest absolute Gasteiger partial charge is 0.319 e. The standard InChI is InChI=1S/C13H20N4O2.ClH/c1-10(12(18)15-9-8-14-2)16-13(19)17-11-6-4-3-5-7-11;/h3-7,10,14H,8-9H2,1-2H3,(H,15,18)(H2,16,17,19);1H. The van der Waals surface area contributed by atoms with E-state index >= 15 is 0 Å². The SMILES string of the molecule is CNCCNC(=O)C(C)NC(=O)Nc1ccccc1.Cl. The van der Waals surface area contributed by atoms with E-state index in [1.165, 1.54) is 0 Å². The summed E-state index contributed by atoms with van der Waals surface area (Å²) < 4.78 is 0. The molecule has 3 amide bonds. The molecule has 1 rings (SSSR count). The lowest BCUT2D eigenvalue weighted by molar-refractivity contribution is -0.122. The summed E-state index contributed by atoms with van der Waals surface area (Å²) in [7, 11) is 1.81. The van der Waals surface area contributed by atoms with Crippen molar-refractivity contribution >= 4 is 30.0 Å². The van der Waals surface area contributed by atoms with Crippen LogP contribution in [0.15, 0.2) is 30.3 Å². The first-order chi connectivity index (χ1) is 9.13. The fourth-order valence-electron chi connectivity index (χ4n) is 1.41. The molecular formula is C13H21ClN4O2. The molecule has 4 N–H and O–H groups in total. The first kappa shape index (κ1) is 18.2. The van der Waals surface area contributed by atoms with Crippen LogP contribution in [0.1, 0.15) is 6.92 Å². The first-order valence-electron chi connectivity index (χ1n) is 6.18. The van der Waals surface area contributed by atoms with Gasteiger partial charge < -0.3 is 21.3 Å². The van der Waals surface area contributed by atoms with Crippen LogP contribution in [-0.2, 0) is 4.79 Å². The molecule has 6 nitrogen and oxygen atoms in total. The molecule has 1 atom stereocenters. The van der Waals surface area contributed by atoms with Crippen molar-refractivity contribution in [1.82, 2.24) is 16.0 Å². The number of anilines is 1. The van der Waals surface area contributed by atoms with E-state index in [-0.39, 0.29) is 18.3 Å². The Hall–Kier alpha value is -1.79. The molecule has 0 aliphatic carbocycles. The Morgan fingerprint density at radius 3 is 2.40 bits per heavy atom. The predicted molar refractivity (Wildman–Crippen MR) is 82.2 cm³/mol. The molecule has 0 aromatic heterocycles. The maximum absolute atomic E-state index is 11.6. The van der Waals surface area contributed by atoms with Crippen LogP contribution in [-0.4, -0.2) is 38.1 Å². The summed E-state index contributed by atoms with van der Waals surface area (Å²) in [6.45, 7) is 2.86. The lowest BCUT2D eigenvalue weighted by atomic mass is 10.3. The van der Waals surface area contributed by atoms with E-state index in [1.54, 1.807) is 26.1 Å². The van der Waals surface area contributed by atoms with Gasteiger partial charge in [0.1, 0.15) is 6.04 Å². The molecule has 112 valence electrons. The van der Waals surface area contributed by atoms with Crippen LogP contribution in [0.5, 0.6) is 0 Å². The zero-order chi connectivity index (χ0) is 14.1. The van der Waals surface area contributed by atoms with Crippen molar-refractivity contribution in [3.05, 3.63) is 30.3 Å². The molecule has 7 heteroatoms. The fourth-order valence-corrected chi connectivity index (χ4v) is 1.41. The van der Waals surface area contributed by atoms with Crippen molar-refractivity contribution in [2.75, 3.05) is 25.5 Å². The number of amides is 3. The Morgan fingerprint density at radius 1 is 1.15 bits per heavy atom. The zero-order valence-electron chi connectivity index (χ0n) is 11.6. The van der Waals surface area contributed by atoms with Gasteiger partial charge >= 0.3 is 6.03 Å². The average Bonchev–Trinajstić information content (AvgIpc) is 2.39. The number of carbonyl (C=O) groups is 2. The minimum atomic E-state index is -0.583. The molecule has 0 aliphatic heterocycles. The number of rotatable bonds is 6. The normalized spacial score (nSPS) is 10.9. The third kappa shape index (κ3) is 6.96. The third-order valence-corrected chi connectivity index (χ3v) is 2.45. The van der Waals surface area contributed by atoms with E-state index in [1.807, 2.05) is 18.2 Å². The Kier molecular flexibility index (Phi) is 9.15. The topological polar surface area (TPSA) is 82.3 Å². The van der Waals surface area contributed by atoms with E-state index < -0.39 is 12.1 Å². The maximum atomic E-state index is 11.6. The van der Waals surface area contributed by atoms with Crippen LogP contribution < -0.4 is 21.3 Å². The van der Waals surface area contributed by atoms with Gasteiger partial charge in [0.25, 0.3) is 0 Å². The van der Waals surface area contributed by atoms with Crippen molar-refractivity contribution < 1.29 is 9.59 Å². The molecule has 0 heterocycles. The molecule has 0 saturated carbocycles. The molecule has 0 fully saturated rings. The van der Waals surface area contributed by atoms with Crippen molar-refractivity contribution in [2.45, 2.75) is 13.0 Å². The largest absolute Gasteiger partial charge is 0.353 e. The number of urea groups is 1. The lowest BCUT2D eigenvalue weighted by Crippen LogP contribution is -2.47. The molecule has 0 saturated heterocycles. The van der Waals surface area contributed by atoms with Crippen LogP contribution in [0.3, 0.4) is 0 Å². The number of benzene rings is 1. The highest BCUT2D eigenvalue weighted by Gasteiger charge is 2.14. The fraction of sp³-hybridized carbons (Fsp3) is 0.385. The number of nitrogens with one attached hydrogen (secondary N) is 4. The minimum Gasteiger partial charge on any atom is -0.353 e. The van der Waals surface area contributed by atoms with E-state index in [0.717, 1.165) is 0 Å². The predicted octanol–water partition coefficient (Wildman–Crippen LogP) is 0.954. The second-order valence-corrected chi connectivity index (χ2v) is 4.08. The summed E-state index contributed by atoms with van der Waals surface area (Å²) in [5, 5.41) is 10.9. The highest BCUT2D eigenvalue weighted by atomic mass is 35.5. The highest BCUT2D eigenvalue weighted by Crippen LogP contribution is 2.04. The maximum Gasteiger partial charge on any atom is 0.319 e. The van der Waals surface area contributed by atoms with Crippen LogP contribution >= 0.6 is 12.4 Å². The van der Waals surface area contributed by atoms with Crippen LogP contribution in [0.4, 0.5) is 10.5 Å². The Balaban J connectivity index is 0.00000361. The van der Waals surface area contributed by atoms with Gasteiger partial charge in [0, 0.05) is 18.8 Å². The van der Waals surface area contributed by atoms with E-state index in [4.69, 9.17) is 0 Å². The van der Waals surface area contributed by atoms with E-state index in [0.29, 0.717) is 18.8 Å². The van der Waals surface area contributed by atoms with E-state index in [2.05, 4.69) is 21.3 Å². The van der Waals surface area contributed by atoms with E-state index in [9.17, 15) is 9.59 Å². The van der Waals surface area contributed by atoms with Gasteiger partial charge in [-0.15, -0.1) is 12.4 Å². The van der Waals surface area contributed by atoms with Crippen molar-refractivity contribution in [3.63, 3.8) is 0 Å². The Bertz CT molecular complexity index is 414. The molecule has 0 aliphatic rings. The number of carbonyl (C=O) groups excluding carboxylic acids is 2. The molecule has 0 bridgehead atoms. The second kappa shape index (κ2) is 10.1. The molecule has 0 spiro atoms. The molecular weight excluding hydrogens is 280 g/mol. The van der Waals surface area contributed by atoms with Crippen molar-refractivity contribution in [1.29, 1.82) is 0 Å². The van der Waals surface area contributed by atoms with Gasteiger partial charge in [-0.1, -0.05) is 18.2 Å². The average molecular weight is 301 g/mol. The summed E-state index contributed by atoms with van der Waals surface area (Å²) >= 11 is 0. The van der Waals surface area contributed by atoms with Crippen molar-refractivity contribution in [2.24, 2.45) is 0 Å². The van der Waals surface area contributed by atoms with Gasteiger partial charge in [-0.2, -0.15) is 0 Å². The number of likely N-dealkylation sites (N-methyl/N-ethyl adjacent to an activating group) is 1. The van der Waals surface area contributed by atoms with Gasteiger partial charge in [-0.3, -0.25) is 4.79 Å². The van der Waals surface area contributed by atoms with Gasteiger partial charge in [0.15, 0.2) is 0 Å². The summed E-state index contributed by atoms with van der Waals surface area (Å²) in [4.78, 5) is 23.3. The second-order valence-electron chi connectivity index (χ2n) is 4.08. The Morgan fingerprint density at radius 2 is 1.80 bits per heavy atom. The number of hydrogen-bond donors (Lipinski definition) is 4. The van der Waals surface area contributed by atoms with Gasteiger partial charge in [0.05, 0.1) is 0 Å². The quantitative estimate of drug-likeness (QED) is 0.591. The number of hydrogen-bond acceptors (Lipinski definition) is 3. The highest BCUT2D eigenvalue weighted by molar-refractivity contribution is 5.93. The molecule has 1 aromatic rings. The molecule has 1 unspecified atom stereocenters. The summed E-state index contributed by atoms with van der Waals surface area (Å²) in [6, 6.07) is 8.07. The summed E-state index contributed by atoms with van der Waals surface area (Å²) in [5.41, 5.74) is 0.683. The summed E-state index contributed by atoms with van der Waals surface area (Å²) in [5.74, 6) is -0.210.